The van der Waals surface area contributed by atoms with Crippen LogP contribution < -0.4 is 10.5 Å². The summed E-state index contributed by atoms with van der Waals surface area (Å²) in [4.78, 5) is 2.27. The molecule has 1 fully saturated rings. The SMILES string of the molecule is CC1CN(Cc2cc(N)cc3c2OCOC3)CC(CO)O1. The molecule has 116 valence electrons. The summed E-state index contributed by atoms with van der Waals surface area (Å²) in [5.74, 6) is 0.884. The first kappa shape index (κ1) is 14.6. The number of ether oxygens (including phenoxy) is 3. The fourth-order valence-electron chi connectivity index (χ4n) is 3.06. The summed E-state index contributed by atoms with van der Waals surface area (Å²) in [6.07, 6.45) is -0.0214. The molecule has 3 N–H and O–H groups in total. The fourth-order valence-corrected chi connectivity index (χ4v) is 3.06. The number of fused-ring (bicyclic) bond motifs is 1. The van der Waals surface area contributed by atoms with E-state index in [0.29, 0.717) is 13.2 Å². The Morgan fingerprint density at radius 3 is 3.05 bits per heavy atom. The molecule has 0 aliphatic carbocycles. The van der Waals surface area contributed by atoms with Crippen LogP contribution in [-0.4, -0.2) is 48.7 Å². The number of nitrogens with zero attached hydrogens (tertiary/aromatic N) is 1. The number of anilines is 1. The van der Waals surface area contributed by atoms with Gasteiger partial charge >= 0.3 is 0 Å². The van der Waals surface area contributed by atoms with Crippen molar-refractivity contribution in [2.75, 3.05) is 32.2 Å². The van der Waals surface area contributed by atoms with Crippen LogP contribution in [0.5, 0.6) is 5.75 Å². The fraction of sp³-hybridized carbons (Fsp3) is 0.600. The van der Waals surface area contributed by atoms with Gasteiger partial charge in [-0.15, -0.1) is 0 Å². The lowest BCUT2D eigenvalue weighted by Gasteiger charge is -2.36. The van der Waals surface area contributed by atoms with Crippen LogP contribution in [0.3, 0.4) is 0 Å². The lowest BCUT2D eigenvalue weighted by atomic mass is 10.1. The van der Waals surface area contributed by atoms with Gasteiger partial charge in [0.05, 0.1) is 25.4 Å². The summed E-state index contributed by atoms with van der Waals surface area (Å²) >= 11 is 0. The van der Waals surface area contributed by atoms with Gasteiger partial charge < -0.3 is 25.1 Å². The van der Waals surface area contributed by atoms with Crippen molar-refractivity contribution in [2.24, 2.45) is 0 Å². The first-order chi connectivity index (χ1) is 10.2. The number of aliphatic hydroxyl groups is 1. The van der Waals surface area contributed by atoms with Gasteiger partial charge in [0.1, 0.15) is 5.75 Å². The maximum absolute atomic E-state index is 9.32. The van der Waals surface area contributed by atoms with Gasteiger partial charge in [0.2, 0.25) is 0 Å². The van der Waals surface area contributed by atoms with Gasteiger partial charge in [0.25, 0.3) is 0 Å². The van der Waals surface area contributed by atoms with Crippen LogP contribution in [0.25, 0.3) is 0 Å². The zero-order chi connectivity index (χ0) is 14.8. The molecular formula is C15H22N2O4. The number of benzene rings is 1. The number of nitrogens with two attached hydrogens (primary N) is 1. The second-order valence-electron chi connectivity index (χ2n) is 5.72. The Labute approximate surface area is 124 Å². The Morgan fingerprint density at radius 2 is 2.24 bits per heavy atom. The molecule has 1 saturated heterocycles. The maximum atomic E-state index is 9.32. The third kappa shape index (κ3) is 3.29. The third-order valence-corrected chi connectivity index (χ3v) is 3.81. The predicted octanol–water partition coefficient (Wildman–Crippen LogP) is 0.717. The Bertz CT molecular complexity index is 509. The molecule has 6 nitrogen and oxygen atoms in total. The monoisotopic (exact) mass is 294 g/mol. The lowest BCUT2D eigenvalue weighted by molar-refractivity contribution is -0.0976. The highest BCUT2D eigenvalue weighted by atomic mass is 16.7. The molecule has 0 saturated carbocycles. The van der Waals surface area contributed by atoms with Crippen molar-refractivity contribution < 1.29 is 19.3 Å². The first-order valence-corrected chi connectivity index (χ1v) is 7.26. The van der Waals surface area contributed by atoms with E-state index in [-0.39, 0.29) is 25.6 Å². The average Bonchev–Trinajstić information content (AvgIpc) is 2.46. The third-order valence-electron chi connectivity index (χ3n) is 3.81. The molecule has 0 spiro atoms. The molecule has 0 amide bonds. The van der Waals surface area contributed by atoms with Crippen molar-refractivity contribution in [1.29, 1.82) is 0 Å². The lowest BCUT2D eigenvalue weighted by Crippen LogP contribution is -2.47. The zero-order valence-electron chi connectivity index (χ0n) is 12.2. The second-order valence-corrected chi connectivity index (χ2v) is 5.72. The summed E-state index contributed by atoms with van der Waals surface area (Å²) < 4.78 is 16.6. The summed E-state index contributed by atoms with van der Waals surface area (Å²) in [7, 11) is 0. The van der Waals surface area contributed by atoms with Crippen molar-refractivity contribution >= 4 is 5.69 Å². The number of hydrogen-bond donors (Lipinski definition) is 2. The van der Waals surface area contributed by atoms with Crippen molar-refractivity contribution in [1.82, 2.24) is 4.90 Å². The standard InChI is InChI=1S/C15H22N2O4/c1-10-4-17(6-14(7-18)21-10)5-11-2-13(16)3-12-8-19-9-20-15(11)12/h2-3,10,14,18H,4-9,16H2,1H3. The van der Waals surface area contributed by atoms with Crippen LogP contribution in [0, 0.1) is 0 Å². The Hall–Kier alpha value is -1.34. The maximum Gasteiger partial charge on any atom is 0.189 e. The molecule has 6 heteroatoms. The number of aliphatic hydroxyl groups excluding tert-OH is 1. The van der Waals surface area contributed by atoms with Crippen LogP contribution in [-0.2, 0) is 22.6 Å². The van der Waals surface area contributed by atoms with Crippen molar-refractivity contribution in [3.05, 3.63) is 23.3 Å². The summed E-state index contributed by atoms with van der Waals surface area (Å²) in [5.41, 5.74) is 8.76. The van der Waals surface area contributed by atoms with Crippen LogP contribution >= 0.6 is 0 Å². The van der Waals surface area contributed by atoms with E-state index in [4.69, 9.17) is 19.9 Å². The van der Waals surface area contributed by atoms with Gasteiger partial charge in [-0.25, -0.2) is 0 Å². The van der Waals surface area contributed by atoms with Crippen LogP contribution in [0.4, 0.5) is 5.69 Å². The molecule has 2 heterocycles. The molecule has 0 bridgehead atoms. The molecule has 3 rings (SSSR count). The zero-order valence-corrected chi connectivity index (χ0v) is 12.2. The minimum Gasteiger partial charge on any atom is -0.467 e. The Kier molecular flexibility index (Phi) is 4.30. The highest BCUT2D eigenvalue weighted by molar-refractivity contribution is 5.53. The molecule has 1 aromatic carbocycles. The number of nitrogen functional groups attached to an aromatic ring is 1. The van der Waals surface area contributed by atoms with E-state index in [0.717, 1.165) is 35.7 Å². The highest BCUT2D eigenvalue weighted by Crippen LogP contribution is 2.32. The van der Waals surface area contributed by atoms with Crippen LogP contribution in [0.15, 0.2) is 12.1 Å². The minimum atomic E-state index is -0.130. The quantitative estimate of drug-likeness (QED) is 0.800. The Balaban J connectivity index is 1.79. The highest BCUT2D eigenvalue weighted by Gasteiger charge is 2.26. The van der Waals surface area contributed by atoms with Crippen molar-refractivity contribution in [2.45, 2.75) is 32.3 Å². The van der Waals surface area contributed by atoms with Gasteiger partial charge in [0.15, 0.2) is 6.79 Å². The molecule has 0 aromatic heterocycles. The molecule has 2 aliphatic heterocycles. The van der Waals surface area contributed by atoms with Crippen LogP contribution in [0.1, 0.15) is 18.1 Å². The van der Waals surface area contributed by atoms with Gasteiger partial charge in [-0.05, 0) is 19.1 Å². The first-order valence-electron chi connectivity index (χ1n) is 7.26. The summed E-state index contributed by atoms with van der Waals surface area (Å²) in [6.45, 7) is 5.15. The summed E-state index contributed by atoms with van der Waals surface area (Å²) in [6, 6.07) is 3.86. The van der Waals surface area contributed by atoms with Gasteiger partial charge in [0, 0.05) is 36.4 Å². The molecule has 2 unspecified atom stereocenters. The number of hydrogen-bond acceptors (Lipinski definition) is 6. The smallest absolute Gasteiger partial charge is 0.189 e. The van der Waals surface area contributed by atoms with Gasteiger partial charge in [-0.1, -0.05) is 0 Å². The van der Waals surface area contributed by atoms with E-state index in [9.17, 15) is 5.11 Å². The molecule has 2 aliphatic rings. The molecule has 0 radical (unpaired) electrons. The van der Waals surface area contributed by atoms with Gasteiger partial charge in [-0.3, -0.25) is 4.90 Å². The van der Waals surface area contributed by atoms with E-state index >= 15 is 0 Å². The Morgan fingerprint density at radius 1 is 1.38 bits per heavy atom. The summed E-state index contributed by atoms with van der Waals surface area (Å²) in [5, 5.41) is 9.32. The van der Waals surface area contributed by atoms with E-state index < -0.39 is 0 Å². The molecular weight excluding hydrogens is 272 g/mol. The topological polar surface area (TPSA) is 77.2 Å². The van der Waals surface area contributed by atoms with E-state index in [1.807, 2.05) is 19.1 Å². The van der Waals surface area contributed by atoms with Crippen molar-refractivity contribution in [3.8, 4) is 5.75 Å². The molecule has 1 aromatic rings. The second kappa shape index (κ2) is 6.19. The average molecular weight is 294 g/mol. The molecule has 2 atom stereocenters. The minimum absolute atomic E-state index is 0.0419. The predicted molar refractivity (Wildman–Crippen MR) is 77.8 cm³/mol. The number of morpholine rings is 1. The molecule has 21 heavy (non-hydrogen) atoms. The van der Waals surface area contributed by atoms with Gasteiger partial charge in [-0.2, -0.15) is 0 Å². The largest absolute Gasteiger partial charge is 0.467 e. The van der Waals surface area contributed by atoms with Crippen LogP contribution in [0.2, 0.25) is 0 Å². The van der Waals surface area contributed by atoms with Crippen molar-refractivity contribution in [3.63, 3.8) is 0 Å². The number of rotatable bonds is 3. The van der Waals surface area contributed by atoms with E-state index in [2.05, 4.69) is 4.90 Å². The van der Waals surface area contributed by atoms with E-state index in [1.165, 1.54) is 0 Å². The van der Waals surface area contributed by atoms with E-state index in [1.54, 1.807) is 0 Å². The normalized spacial score (nSPS) is 26.2.